The van der Waals surface area contributed by atoms with Crippen LogP contribution >= 0.6 is 0 Å². The van der Waals surface area contributed by atoms with Crippen LogP contribution in [0.5, 0.6) is 0 Å². The van der Waals surface area contributed by atoms with Crippen LogP contribution in [-0.2, 0) is 4.74 Å². The standard InChI is InChI=1S/C19H30OSe/c1-2-3-11-16-20-18-14-9-4-5-10-15-19(18)21-17-12-7-6-8-13-17/h6-8,12-13,18-19H,2-5,9-11,14-16H2,1H3. The Labute approximate surface area is 137 Å². The summed E-state index contributed by atoms with van der Waals surface area (Å²) in [6.07, 6.45) is 12.6. The van der Waals surface area contributed by atoms with Gasteiger partial charge in [0.15, 0.2) is 0 Å². The number of hydrogen-bond donors (Lipinski definition) is 0. The summed E-state index contributed by atoms with van der Waals surface area (Å²) in [7, 11) is 0. The fraction of sp³-hybridized carbons (Fsp3) is 0.684. The molecule has 2 unspecified atom stereocenters. The van der Waals surface area contributed by atoms with Crippen molar-refractivity contribution in [3.63, 3.8) is 0 Å². The Bertz CT molecular complexity index is 365. The third-order valence-corrected chi connectivity index (χ3v) is 7.16. The molecule has 1 aromatic carbocycles. The van der Waals surface area contributed by atoms with Gasteiger partial charge < -0.3 is 0 Å². The van der Waals surface area contributed by atoms with Crippen LogP contribution in [0.15, 0.2) is 30.3 Å². The molecule has 0 saturated heterocycles. The minimum atomic E-state index is 0.516. The van der Waals surface area contributed by atoms with Gasteiger partial charge in [0, 0.05) is 0 Å². The molecule has 0 N–H and O–H groups in total. The predicted octanol–water partition coefficient (Wildman–Crippen LogP) is 4.73. The van der Waals surface area contributed by atoms with Crippen molar-refractivity contribution >= 4 is 19.4 Å². The Morgan fingerprint density at radius 1 is 1.00 bits per heavy atom. The van der Waals surface area contributed by atoms with Gasteiger partial charge in [-0.2, -0.15) is 0 Å². The first-order valence-corrected chi connectivity index (χ1v) is 10.6. The Morgan fingerprint density at radius 3 is 2.52 bits per heavy atom. The van der Waals surface area contributed by atoms with Crippen molar-refractivity contribution in [2.45, 2.75) is 75.6 Å². The van der Waals surface area contributed by atoms with E-state index < -0.39 is 0 Å². The summed E-state index contributed by atoms with van der Waals surface area (Å²) in [5, 5.41) is 0. The van der Waals surface area contributed by atoms with E-state index in [1.165, 1.54) is 62.2 Å². The zero-order valence-electron chi connectivity index (χ0n) is 13.4. The van der Waals surface area contributed by atoms with E-state index >= 15 is 0 Å². The quantitative estimate of drug-likeness (QED) is 0.508. The van der Waals surface area contributed by atoms with E-state index in [4.69, 9.17) is 4.74 Å². The molecule has 2 atom stereocenters. The Morgan fingerprint density at radius 2 is 1.76 bits per heavy atom. The van der Waals surface area contributed by atoms with Crippen LogP contribution in [0.4, 0.5) is 0 Å². The fourth-order valence-corrected chi connectivity index (χ4v) is 5.76. The van der Waals surface area contributed by atoms with Crippen LogP contribution in [0.2, 0.25) is 4.82 Å². The summed E-state index contributed by atoms with van der Waals surface area (Å²) in [6, 6.07) is 11.1. The van der Waals surface area contributed by atoms with Gasteiger partial charge in [0.1, 0.15) is 0 Å². The topological polar surface area (TPSA) is 9.23 Å². The second-order valence-corrected chi connectivity index (χ2v) is 8.83. The summed E-state index contributed by atoms with van der Waals surface area (Å²) in [5.41, 5.74) is 0. The number of unbranched alkanes of at least 4 members (excludes halogenated alkanes) is 2. The van der Waals surface area contributed by atoms with Crippen molar-refractivity contribution in [2.24, 2.45) is 0 Å². The molecule has 0 aromatic heterocycles. The molecule has 0 aliphatic heterocycles. The van der Waals surface area contributed by atoms with Gasteiger partial charge in [0.05, 0.1) is 0 Å². The van der Waals surface area contributed by atoms with Crippen molar-refractivity contribution in [1.82, 2.24) is 0 Å². The number of rotatable bonds is 7. The van der Waals surface area contributed by atoms with Gasteiger partial charge in [-0.3, -0.25) is 0 Å². The van der Waals surface area contributed by atoms with Gasteiger partial charge in [0.25, 0.3) is 0 Å². The first-order valence-electron chi connectivity index (χ1n) is 8.73. The van der Waals surface area contributed by atoms with Gasteiger partial charge in [-0.25, -0.2) is 0 Å². The van der Waals surface area contributed by atoms with Crippen LogP contribution in [0.3, 0.4) is 0 Å². The first kappa shape index (κ1) is 17.1. The molecule has 0 heterocycles. The molecule has 1 fully saturated rings. The van der Waals surface area contributed by atoms with E-state index in [2.05, 4.69) is 37.3 Å². The predicted molar refractivity (Wildman–Crippen MR) is 92.5 cm³/mol. The SMILES string of the molecule is CCCCCOC1CCCCCCC1[Se]c1ccccc1. The third-order valence-electron chi connectivity index (χ3n) is 4.25. The summed E-state index contributed by atoms with van der Waals surface area (Å²) in [6.45, 7) is 3.23. The average molecular weight is 353 g/mol. The molecule has 0 spiro atoms. The average Bonchev–Trinajstić information content (AvgIpc) is 2.50. The van der Waals surface area contributed by atoms with E-state index in [1.807, 2.05) is 0 Å². The molecule has 1 aliphatic carbocycles. The molecule has 1 saturated carbocycles. The third kappa shape index (κ3) is 6.55. The van der Waals surface area contributed by atoms with Crippen LogP contribution in [-0.4, -0.2) is 27.7 Å². The molecular formula is C19H30OSe. The maximum absolute atomic E-state index is 6.32. The monoisotopic (exact) mass is 354 g/mol. The van der Waals surface area contributed by atoms with Crippen LogP contribution in [0, 0.1) is 0 Å². The van der Waals surface area contributed by atoms with Gasteiger partial charge in [0.2, 0.25) is 0 Å². The summed E-state index contributed by atoms with van der Waals surface area (Å²) in [4.78, 5) is 0.779. The Hall–Kier alpha value is -0.301. The fourth-order valence-electron chi connectivity index (χ4n) is 3.00. The molecule has 0 bridgehead atoms. The molecule has 2 heteroatoms. The molecule has 0 amide bonds. The molecule has 21 heavy (non-hydrogen) atoms. The van der Waals surface area contributed by atoms with Crippen LogP contribution in [0.1, 0.15) is 64.7 Å². The zero-order chi connectivity index (χ0) is 14.8. The number of benzene rings is 1. The van der Waals surface area contributed by atoms with Gasteiger partial charge in [-0.1, -0.05) is 0 Å². The van der Waals surface area contributed by atoms with E-state index in [-0.39, 0.29) is 0 Å². The Balaban J connectivity index is 1.90. The van der Waals surface area contributed by atoms with E-state index in [0.29, 0.717) is 21.1 Å². The summed E-state index contributed by atoms with van der Waals surface area (Å²) in [5.74, 6) is 0. The number of ether oxygens (including phenoxy) is 1. The van der Waals surface area contributed by atoms with Gasteiger partial charge in [-0.15, -0.1) is 0 Å². The molecule has 118 valence electrons. The molecule has 2 rings (SSSR count). The van der Waals surface area contributed by atoms with Crippen molar-refractivity contribution in [3.05, 3.63) is 30.3 Å². The van der Waals surface area contributed by atoms with Crippen molar-refractivity contribution < 1.29 is 4.74 Å². The molecular weight excluding hydrogens is 323 g/mol. The second kappa shape index (κ2) is 10.4. The van der Waals surface area contributed by atoms with Crippen LogP contribution in [0.25, 0.3) is 0 Å². The normalized spacial score (nSPS) is 23.5. The number of hydrogen-bond acceptors (Lipinski definition) is 1. The molecule has 0 radical (unpaired) electrons. The van der Waals surface area contributed by atoms with Crippen molar-refractivity contribution in [3.8, 4) is 0 Å². The van der Waals surface area contributed by atoms with E-state index in [1.54, 1.807) is 0 Å². The van der Waals surface area contributed by atoms with Crippen molar-refractivity contribution in [2.75, 3.05) is 6.61 Å². The van der Waals surface area contributed by atoms with E-state index in [0.717, 1.165) is 11.4 Å². The molecule has 1 aromatic rings. The second-order valence-electron chi connectivity index (χ2n) is 6.08. The minimum absolute atomic E-state index is 0.516. The van der Waals surface area contributed by atoms with Gasteiger partial charge in [-0.05, 0) is 0 Å². The van der Waals surface area contributed by atoms with Gasteiger partial charge >= 0.3 is 137 Å². The Kier molecular flexibility index (Phi) is 8.47. The van der Waals surface area contributed by atoms with E-state index in [9.17, 15) is 0 Å². The summed E-state index contributed by atoms with van der Waals surface area (Å²) < 4.78 is 7.86. The molecule has 1 aliphatic rings. The molecule has 1 nitrogen and oxygen atoms in total. The maximum atomic E-state index is 6.32. The van der Waals surface area contributed by atoms with Crippen molar-refractivity contribution in [1.29, 1.82) is 0 Å². The van der Waals surface area contributed by atoms with Crippen LogP contribution < -0.4 is 4.46 Å². The summed E-state index contributed by atoms with van der Waals surface area (Å²) >= 11 is 0.564. The zero-order valence-corrected chi connectivity index (χ0v) is 15.1. The first-order chi connectivity index (χ1) is 10.4.